The summed E-state index contributed by atoms with van der Waals surface area (Å²) >= 11 is 7.53. The van der Waals surface area contributed by atoms with Crippen LogP contribution in [0.3, 0.4) is 0 Å². The fourth-order valence-corrected chi connectivity index (χ4v) is 2.94. The summed E-state index contributed by atoms with van der Waals surface area (Å²) in [5.41, 5.74) is 8.04. The molecule has 0 bridgehead atoms. The summed E-state index contributed by atoms with van der Waals surface area (Å²) in [6.07, 6.45) is 3.67. The summed E-state index contributed by atoms with van der Waals surface area (Å²) in [4.78, 5) is 4.53. The van der Waals surface area contributed by atoms with Crippen LogP contribution in [0.25, 0.3) is 10.2 Å². The molecule has 2 heterocycles. The number of rotatable bonds is 2. The lowest BCUT2D eigenvalue weighted by Crippen LogP contribution is -2.10. The van der Waals surface area contributed by atoms with Gasteiger partial charge in [-0.25, -0.2) is 4.98 Å². The zero-order chi connectivity index (χ0) is 12.7. The van der Waals surface area contributed by atoms with Crippen LogP contribution in [-0.4, -0.2) is 14.8 Å². The van der Waals surface area contributed by atoms with Gasteiger partial charge in [-0.15, -0.1) is 11.3 Å². The molecule has 2 N–H and O–H groups in total. The summed E-state index contributed by atoms with van der Waals surface area (Å²) in [6.45, 7) is 0. The first-order valence-corrected chi connectivity index (χ1v) is 6.63. The SMILES string of the molecule is Cn1cc(C(N)c2nc3cc(Cl)ccc3s2)cn1. The molecular weight excluding hydrogens is 268 g/mol. The van der Waals surface area contributed by atoms with E-state index < -0.39 is 0 Å². The summed E-state index contributed by atoms with van der Waals surface area (Å²) in [5, 5.41) is 5.69. The second-order valence-electron chi connectivity index (χ2n) is 4.09. The van der Waals surface area contributed by atoms with Crippen molar-refractivity contribution in [2.75, 3.05) is 0 Å². The van der Waals surface area contributed by atoms with Crippen molar-refractivity contribution in [1.29, 1.82) is 0 Å². The Kier molecular flexibility index (Phi) is 2.81. The van der Waals surface area contributed by atoms with E-state index >= 15 is 0 Å². The van der Waals surface area contributed by atoms with E-state index in [-0.39, 0.29) is 6.04 Å². The van der Waals surface area contributed by atoms with Gasteiger partial charge < -0.3 is 5.73 Å². The molecule has 0 aliphatic heterocycles. The Morgan fingerprint density at radius 1 is 1.44 bits per heavy atom. The Bertz CT molecular complexity index is 703. The Labute approximate surface area is 113 Å². The predicted molar refractivity (Wildman–Crippen MR) is 73.9 cm³/mol. The first-order valence-electron chi connectivity index (χ1n) is 5.43. The van der Waals surface area contributed by atoms with Gasteiger partial charge in [-0.3, -0.25) is 4.68 Å². The molecule has 6 heteroatoms. The van der Waals surface area contributed by atoms with E-state index in [1.807, 2.05) is 31.4 Å². The van der Waals surface area contributed by atoms with Crippen LogP contribution in [0.15, 0.2) is 30.6 Å². The quantitative estimate of drug-likeness (QED) is 0.784. The molecule has 0 aliphatic carbocycles. The van der Waals surface area contributed by atoms with Crippen LogP contribution < -0.4 is 5.73 Å². The Balaban J connectivity index is 2.03. The van der Waals surface area contributed by atoms with Gasteiger partial charge in [0.05, 0.1) is 22.5 Å². The molecular formula is C12H11ClN4S. The summed E-state index contributed by atoms with van der Waals surface area (Å²) in [6, 6.07) is 5.44. The molecule has 3 aromatic rings. The predicted octanol–water partition coefficient (Wildman–Crippen LogP) is 2.73. The number of benzene rings is 1. The van der Waals surface area contributed by atoms with Crippen LogP contribution in [0, 0.1) is 0 Å². The van der Waals surface area contributed by atoms with Crippen LogP contribution in [0.5, 0.6) is 0 Å². The highest BCUT2D eigenvalue weighted by Gasteiger charge is 2.15. The first-order chi connectivity index (χ1) is 8.63. The van der Waals surface area contributed by atoms with Gasteiger partial charge in [-0.1, -0.05) is 11.6 Å². The van der Waals surface area contributed by atoms with E-state index in [1.54, 1.807) is 22.2 Å². The molecule has 92 valence electrons. The van der Waals surface area contributed by atoms with Crippen molar-refractivity contribution in [3.8, 4) is 0 Å². The molecule has 0 saturated carbocycles. The first kappa shape index (κ1) is 11.6. The average Bonchev–Trinajstić information content (AvgIpc) is 2.93. The fraction of sp³-hybridized carbons (Fsp3) is 0.167. The van der Waals surface area contributed by atoms with Gasteiger partial charge in [0.25, 0.3) is 0 Å². The van der Waals surface area contributed by atoms with Crippen LogP contribution in [0.4, 0.5) is 0 Å². The minimum absolute atomic E-state index is 0.241. The highest BCUT2D eigenvalue weighted by Crippen LogP contribution is 2.30. The molecule has 1 atom stereocenters. The molecule has 0 fully saturated rings. The van der Waals surface area contributed by atoms with Crippen molar-refractivity contribution in [3.05, 3.63) is 46.2 Å². The van der Waals surface area contributed by atoms with Crippen LogP contribution in [-0.2, 0) is 7.05 Å². The minimum atomic E-state index is -0.241. The van der Waals surface area contributed by atoms with Gasteiger partial charge in [-0.2, -0.15) is 5.10 Å². The molecule has 0 aliphatic rings. The van der Waals surface area contributed by atoms with E-state index in [4.69, 9.17) is 17.3 Å². The maximum absolute atomic E-state index is 6.19. The van der Waals surface area contributed by atoms with E-state index in [2.05, 4.69) is 10.1 Å². The zero-order valence-corrected chi connectivity index (χ0v) is 11.2. The molecule has 1 aromatic carbocycles. The summed E-state index contributed by atoms with van der Waals surface area (Å²) in [7, 11) is 1.87. The van der Waals surface area contributed by atoms with Crippen molar-refractivity contribution in [3.63, 3.8) is 0 Å². The monoisotopic (exact) mass is 278 g/mol. The number of hydrogen-bond acceptors (Lipinski definition) is 4. The highest BCUT2D eigenvalue weighted by atomic mass is 35.5. The number of thiazole rings is 1. The molecule has 0 spiro atoms. The van der Waals surface area contributed by atoms with Gasteiger partial charge in [0.15, 0.2) is 0 Å². The van der Waals surface area contributed by atoms with E-state index in [0.717, 1.165) is 20.8 Å². The van der Waals surface area contributed by atoms with Crippen molar-refractivity contribution in [2.45, 2.75) is 6.04 Å². The van der Waals surface area contributed by atoms with Crippen molar-refractivity contribution in [1.82, 2.24) is 14.8 Å². The molecule has 0 saturated heterocycles. The number of hydrogen-bond donors (Lipinski definition) is 1. The molecule has 4 nitrogen and oxygen atoms in total. The van der Waals surface area contributed by atoms with Crippen molar-refractivity contribution in [2.24, 2.45) is 12.8 Å². The topological polar surface area (TPSA) is 56.7 Å². The van der Waals surface area contributed by atoms with Gasteiger partial charge in [-0.05, 0) is 18.2 Å². The fourth-order valence-electron chi connectivity index (χ4n) is 1.79. The number of fused-ring (bicyclic) bond motifs is 1. The Morgan fingerprint density at radius 2 is 2.28 bits per heavy atom. The smallest absolute Gasteiger partial charge is 0.115 e. The maximum Gasteiger partial charge on any atom is 0.115 e. The standard InChI is InChI=1S/C12H11ClN4S/c1-17-6-7(5-15-17)11(14)12-16-9-4-8(13)2-3-10(9)18-12/h2-6,11H,14H2,1H3. The van der Waals surface area contributed by atoms with E-state index in [0.29, 0.717) is 5.02 Å². The third-order valence-corrected chi connectivity index (χ3v) is 4.07. The van der Waals surface area contributed by atoms with Gasteiger partial charge >= 0.3 is 0 Å². The summed E-state index contributed by atoms with van der Waals surface area (Å²) in [5.74, 6) is 0. The molecule has 3 rings (SSSR count). The number of nitrogens with zero attached hydrogens (tertiary/aromatic N) is 3. The van der Waals surface area contributed by atoms with Crippen LogP contribution in [0.2, 0.25) is 5.02 Å². The molecule has 0 radical (unpaired) electrons. The molecule has 0 amide bonds. The third kappa shape index (κ3) is 2.01. The maximum atomic E-state index is 6.19. The normalized spacial score (nSPS) is 13.1. The molecule has 2 aromatic heterocycles. The lowest BCUT2D eigenvalue weighted by molar-refractivity contribution is 0.765. The van der Waals surface area contributed by atoms with E-state index in [9.17, 15) is 0 Å². The van der Waals surface area contributed by atoms with Crippen molar-refractivity contribution < 1.29 is 0 Å². The number of aromatic nitrogens is 3. The van der Waals surface area contributed by atoms with Crippen LogP contribution >= 0.6 is 22.9 Å². The highest BCUT2D eigenvalue weighted by molar-refractivity contribution is 7.18. The second kappa shape index (κ2) is 4.35. The van der Waals surface area contributed by atoms with Gasteiger partial charge in [0, 0.05) is 23.8 Å². The number of halogens is 1. The van der Waals surface area contributed by atoms with Crippen molar-refractivity contribution >= 4 is 33.2 Å². The van der Waals surface area contributed by atoms with Crippen LogP contribution in [0.1, 0.15) is 16.6 Å². The number of aryl methyl sites for hydroxylation is 1. The molecule has 18 heavy (non-hydrogen) atoms. The number of nitrogens with two attached hydrogens (primary N) is 1. The van der Waals surface area contributed by atoms with Gasteiger partial charge in [0.1, 0.15) is 5.01 Å². The zero-order valence-electron chi connectivity index (χ0n) is 9.67. The largest absolute Gasteiger partial charge is 0.318 e. The lowest BCUT2D eigenvalue weighted by atomic mass is 10.2. The molecule has 1 unspecified atom stereocenters. The average molecular weight is 279 g/mol. The summed E-state index contributed by atoms with van der Waals surface area (Å²) < 4.78 is 2.83. The Hall–Kier alpha value is -1.43. The Morgan fingerprint density at radius 3 is 3.00 bits per heavy atom. The second-order valence-corrected chi connectivity index (χ2v) is 5.59. The van der Waals surface area contributed by atoms with Gasteiger partial charge in [0.2, 0.25) is 0 Å². The lowest BCUT2D eigenvalue weighted by Gasteiger charge is -2.03. The minimum Gasteiger partial charge on any atom is -0.318 e. The third-order valence-electron chi connectivity index (χ3n) is 2.72. The van der Waals surface area contributed by atoms with E-state index in [1.165, 1.54) is 0 Å².